The van der Waals surface area contributed by atoms with E-state index in [9.17, 15) is 33.4 Å². The summed E-state index contributed by atoms with van der Waals surface area (Å²) in [6.45, 7) is 0. The van der Waals surface area contributed by atoms with Crippen LogP contribution in [0.3, 0.4) is 0 Å². The van der Waals surface area contributed by atoms with E-state index in [0.29, 0.717) is 0 Å². The lowest BCUT2D eigenvalue weighted by Crippen LogP contribution is -2.05. The van der Waals surface area contributed by atoms with Gasteiger partial charge in [0.05, 0.1) is 9.85 Å². The molecule has 1 aromatic rings. The fraction of sp³-hybridized carbons (Fsp3) is 0. The van der Waals surface area contributed by atoms with Gasteiger partial charge in [-0.1, -0.05) is 11.6 Å². The van der Waals surface area contributed by atoms with Crippen LogP contribution in [0.15, 0.2) is 0 Å². The summed E-state index contributed by atoms with van der Waals surface area (Å²) in [6, 6.07) is 0. The summed E-state index contributed by atoms with van der Waals surface area (Å²) in [4.78, 5) is 17.5. The van der Waals surface area contributed by atoms with Gasteiger partial charge in [-0.2, -0.15) is 13.2 Å². The van der Waals surface area contributed by atoms with Crippen LogP contribution in [0.4, 0.5) is 24.5 Å². The van der Waals surface area contributed by atoms with Crippen molar-refractivity contribution in [3.63, 3.8) is 0 Å². The van der Waals surface area contributed by atoms with Crippen molar-refractivity contribution in [3.8, 4) is 0 Å². The molecule has 6 nitrogen and oxygen atoms in total. The van der Waals surface area contributed by atoms with Crippen molar-refractivity contribution in [2.45, 2.75) is 0 Å². The van der Waals surface area contributed by atoms with Gasteiger partial charge < -0.3 is 0 Å². The van der Waals surface area contributed by atoms with Gasteiger partial charge in [-0.25, -0.2) is 0 Å². The summed E-state index contributed by atoms with van der Waals surface area (Å²) in [7, 11) is 0. The molecule has 0 aliphatic carbocycles. The van der Waals surface area contributed by atoms with Gasteiger partial charge in [0.2, 0.25) is 22.5 Å². The molecule has 0 aliphatic rings. The molecule has 16 heavy (non-hydrogen) atoms. The number of halogens is 4. The Hall–Kier alpha value is -1.90. The lowest BCUT2D eigenvalue weighted by Gasteiger charge is -2.01. The van der Waals surface area contributed by atoms with Crippen molar-refractivity contribution in [2.75, 3.05) is 0 Å². The minimum atomic E-state index is -2.32. The zero-order valence-electron chi connectivity index (χ0n) is 7.04. The van der Waals surface area contributed by atoms with E-state index in [-0.39, 0.29) is 0 Å². The molecule has 1 rings (SSSR count). The molecule has 0 saturated carbocycles. The molecular formula is C6ClF3N2O4. The summed E-state index contributed by atoms with van der Waals surface area (Å²) in [5.74, 6) is -6.68. The zero-order valence-corrected chi connectivity index (χ0v) is 7.80. The lowest BCUT2D eigenvalue weighted by molar-refractivity contribution is -0.397. The first kappa shape index (κ1) is 12.2. The normalized spacial score (nSPS) is 10.2. The third-order valence-corrected chi connectivity index (χ3v) is 1.94. The zero-order chi connectivity index (χ0) is 12.6. The Morgan fingerprint density at radius 1 is 0.875 bits per heavy atom. The standard InChI is InChI=1S/C6ClF3N2O4/c7-1-5(11(13)14)3(9)2(8)4(10)6(1)12(15)16. The molecule has 0 N–H and O–H groups in total. The molecule has 0 spiro atoms. The Balaban J connectivity index is 3.80. The fourth-order valence-corrected chi connectivity index (χ4v) is 1.23. The number of hydrogen-bond donors (Lipinski definition) is 0. The second kappa shape index (κ2) is 3.93. The molecular weight excluding hydrogens is 257 g/mol. The summed E-state index contributed by atoms with van der Waals surface area (Å²) < 4.78 is 38.4. The van der Waals surface area contributed by atoms with E-state index in [2.05, 4.69) is 0 Å². The van der Waals surface area contributed by atoms with E-state index in [1.165, 1.54) is 0 Å². The van der Waals surface area contributed by atoms with Crippen LogP contribution in [-0.2, 0) is 0 Å². The Morgan fingerprint density at radius 2 is 1.19 bits per heavy atom. The minimum absolute atomic E-state index is 1.40. The maximum absolute atomic E-state index is 12.9. The van der Waals surface area contributed by atoms with E-state index < -0.39 is 43.7 Å². The molecule has 0 unspecified atom stereocenters. The highest BCUT2D eigenvalue weighted by Crippen LogP contribution is 2.39. The van der Waals surface area contributed by atoms with Gasteiger partial charge in [0.15, 0.2) is 0 Å². The molecule has 0 fully saturated rings. The second-order valence-corrected chi connectivity index (χ2v) is 2.85. The van der Waals surface area contributed by atoms with E-state index in [4.69, 9.17) is 11.6 Å². The SMILES string of the molecule is O=[N+]([O-])c1c(F)c(F)c(F)c([N+](=O)[O-])c1Cl. The van der Waals surface area contributed by atoms with Crippen LogP contribution < -0.4 is 0 Å². The van der Waals surface area contributed by atoms with Gasteiger partial charge in [-0.15, -0.1) is 0 Å². The molecule has 0 heterocycles. The summed E-state index contributed by atoms with van der Waals surface area (Å²) >= 11 is 5.05. The predicted octanol–water partition coefficient (Wildman–Crippen LogP) is 2.57. The summed E-state index contributed by atoms with van der Waals surface area (Å²) in [6.07, 6.45) is 0. The molecule has 0 radical (unpaired) electrons. The van der Waals surface area contributed by atoms with Crippen LogP contribution in [0.2, 0.25) is 5.02 Å². The van der Waals surface area contributed by atoms with Crippen LogP contribution in [0.1, 0.15) is 0 Å². The summed E-state index contributed by atoms with van der Waals surface area (Å²) in [5.41, 5.74) is -3.35. The molecule has 10 heteroatoms. The van der Waals surface area contributed by atoms with Crippen LogP contribution in [0.5, 0.6) is 0 Å². The van der Waals surface area contributed by atoms with Crippen LogP contribution in [0, 0.1) is 37.7 Å². The Morgan fingerprint density at radius 3 is 1.44 bits per heavy atom. The van der Waals surface area contributed by atoms with Crippen molar-refractivity contribution in [1.29, 1.82) is 0 Å². The van der Waals surface area contributed by atoms with Gasteiger partial charge in [0.25, 0.3) is 0 Å². The second-order valence-electron chi connectivity index (χ2n) is 2.47. The van der Waals surface area contributed by atoms with Crippen molar-refractivity contribution in [2.24, 2.45) is 0 Å². The Kier molecular flexibility index (Phi) is 2.99. The predicted molar refractivity (Wildman–Crippen MR) is 44.6 cm³/mol. The first-order valence-electron chi connectivity index (χ1n) is 3.43. The third-order valence-electron chi connectivity index (χ3n) is 1.58. The number of benzene rings is 1. The number of hydrogen-bond acceptors (Lipinski definition) is 4. The largest absolute Gasteiger partial charge is 0.333 e. The van der Waals surface area contributed by atoms with Crippen LogP contribution in [0.25, 0.3) is 0 Å². The van der Waals surface area contributed by atoms with E-state index in [0.717, 1.165) is 0 Å². The average molecular weight is 257 g/mol. The molecule has 0 aromatic heterocycles. The first-order chi connectivity index (χ1) is 7.29. The molecule has 86 valence electrons. The maximum Gasteiger partial charge on any atom is 0.333 e. The van der Waals surface area contributed by atoms with Gasteiger partial charge in [-0.05, 0) is 0 Å². The monoisotopic (exact) mass is 256 g/mol. The number of nitro benzene ring substituents is 2. The highest BCUT2D eigenvalue weighted by atomic mass is 35.5. The lowest BCUT2D eigenvalue weighted by atomic mass is 10.2. The highest BCUT2D eigenvalue weighted by molar-refractivity contribution is 6.34. The van der Waals surface area contributed by atoms with Gasteiger partial charge >= 0.3 is 11.4 Å². The van der Waals surface area contributed by atoms with E-state index >= 15 is 0 Å². The van der Waals surface area contributed by atoms with Crippen molar-refractivity contribution >= 4 is 23.0 Å². The molecule has 0 bridgehead atoms. The highest BCUT2D eigenvalue weighted by Gasteiger charge is 2.37. The molecule has 1 aromatic carbocycles. The van der Waals surface area contributed by atoms with E-state index in [1.54, 1.807) is 0 Å². The molecule has 0 amide bonds. The fourth-order valence-electron chi connectivity index (χ4n) is 0.930. The minimum Gasteiger partial charge on any atom is -0.258 e. The number of nitro groups is 2. The number of nitrogens with zero attached hydrogens (tertiary/aromatic N) is 2. The molecule has 0 atom stereocenters. The Labute approximate surface area is 89.5 Å². The van der Waals surface area contributed by atoms with Crippen molar-refractivity contribution < 1.29 is 23.0 Å². The van der Waals surface area contributed by atoms with Gasteiger partial charge in [0, 0.05) is 0 Å². The van der Waals surface area contributed by atoms with Crippen LogP contribution >= 0.6 is 11.6 Å². The van der Waals surface area contributed by atoms with Gasteiger partial charge in [-0.3, -0.25) is 20.2 Å². The summed E-state index contributed by atoms with van der Waals surface area (Å²) in [5, 5.41) is 19.1. The smallest absolute Gasteiger partial charge is 0.258 e. The van der Waals surface area contributed by atoms with Crippen LogP contribution in [-0.4, -0.2) is 9.85 Å². The van der Waals surface area contributed by atoms with Crippen molar-refractivity contribution in [1.82, 2.24) is 0 Å². The van der Waals surface area contributed by atoms with Gasteiger partial charge in [0.1, 0.15) is 0 Å². The van der Waals surface area contributed by atoms with E-state index in [1.807, 2.05) is 0 Å². The Bertz CT molecular complexity index is 466. The number of rotatable bonds is 2. The quantitative estimate of drug-likeness (QED) is 0.352. The molecule has 0 saturated heterocycles. The topological polar surface area (TPSA) is 86.3 Å². The third kappa shape index (κ3) is 1.65. The first-order valence-corrected chi connectivity index (χ1v) is 3.81. The van der Waals surface area contributed by atoms with Crippen molar-refractivity contribution in [3.05, 3.63) is 42.7 Å². The average Bonchev–Trinajstić information content (AvgIpc) is 2.13. The molecule has 0 aliphatic heterocycles. The maximum atomic E-state index is 12.9.